The van der Waals surface area contributed by atoms with Gasteiger partial charge in [-0.3, -0.25) is 0 Å². The van der Waals surface area contributed by atoms with Crippen LogP contribution in [0.4, 0.5) is 0 Å². The number of hydrogen-bond donors (Lipinski definition) is 1. The molecule has 2 fully saturated rings. The predicted molar refractivity (Wildman–Crippen MR) is 79.2 cm³/mol. The van der Waals surface area contributed by atoms with E-state index in [1.54, 1.807) is 6.92 Å². The minimum absolute atomic E-state index is 0.483. The van der Waals surface area contributed by atoms with E-state index in [0.29, 0.717) is 0 Å². The summed E-state index contributed by atoms with van der Waals surface area (Å²) in [7, 11) is 0. The van der Waals surface area contributed by atoms with Crippen LogP contribution in [0.3, 0.4) is 0 Å². The lowest BCUT2D eigenvalue weighted by atomic mass is 9.89. The van der Waals surface area contributed by atoms with Gasteiger partial charge in [-0.1, -0.05) is 28.4 Å². The van der Waals surface area contributed by atoms with Crippen molar-refractivity contribution in [2.75, 3.05) is 6.61 Å². The molecule has 0 aliphatic heterocycles. The zero-order chi connectivity index (χ0) is 13.4. The second kappa shape index (κ2) is 5.45. The van der Waals surface area contributed by atoms with E-state index in [9.17, 15) is 5.11 Å². The highest BCUT2D eigenvalue weighted by Crippen LogP contribution is 2.48. The molecule has 4 unspecified atom stereocenters. The van der Waals surface area contributed by atoms with Crippen LogP contribution >= 0.6 is 15.9 Å². The average molecular weight is 325 g/mol. The van der Waals surface area contributed by atoms with E-state index in [2.05, 4.69) is 15.9 Å². The summed E-state index contributed by atoms with van der Waals surface area (Å²) >= 11 is 3.47. The number of benzene rings is 1. The smallest absolute Gasteiger partial charge is 0.126 e. The normalized spacial score (nSPS) is 30.6. The van der Waals surface area contributed by atoms with Gasteiger partial charge >= 0.3 is 0 Å². The molecule has 0 aromatic heterocycles. The number of halogens is 1. The first-order valence-corrected chi connectivity index (χ1v) is 8.03. The van der Waals surface area contributed by atoms with Gasteiger partial charge in [-0.25, -0.2) is 0 Å². The lowest BCUT2D eigenvalue weighted by Crippen LogP contribution is -2.19. The van der Waals surface area contributed by atoms with Crippen LogP contribution in [-0.4, -0.2) is 11.7 Å². The lowest BCUT2D eigenvalue weighted by Gasteiger charge is -2.23. The predicted octanol–water partition coefficient (Wildman–Crippen LogP) is 4.32. The van der Waals surface area contributed by atoms with Crippen molar-refractivity contribution in [1.82, 2.24) is 0 Å². The van der Waals surface area contributed by atoms with E-state index in [0.717, 1.165) is 40.1 Å². The second-order valence-electron chi connectivity index (χ2n) is 6.10. The van der Waals surface area contributed by atoms with Crippen LogP contribution in [0, 0.1) is 17.8 Å². The van der Waals surface area contributed by atoms with E-state index >= 15 is 0 Å². The number of aliphatic hydroxyl groups excluding tert-OH is 1. The van der Waals surface area contributed by atoms with E-state index in [-0.39, 0.29) is 0 Å². The first kappa shape index (κ1) is 13.4. The summed E-state index contributed by atoms with van der Waals surface area (Å²) in [6.45, 7) is 2.59. The van der Waals surface area contributed by atoms with Crippen molar-refractivity contribution in [1.29, 1.82) is 0 Å². The molecule has 0 saturated heterocycles. The molecule has 19 heavy (non-hydrogen) atoms. The topological polar surface area (TPSA) is 29.5 Å². The first-order valence-electron chi connectivity index (χ1n) is 7.24. The number of hydrogen-bond acceptors (Lipinski definition) is 2. The Morgan fingerprint density at radius 3 is 2.84 bits per heavy atom. The van der Waals surface area contributed by atoms with Gasteiger partial charge in [0.25, 0.3) is 0 Å². The summed E-state index contributed by atoms with van der Waals surface area (Å²) in [5, 5.41) is 9.80. The molecule has 2 aliphatic carbocycles. The quantitative estimate of drug-likeness (QED) is 0.893. The molecule has 0 radical (unpaired) electrons. The van der Waals surface area contributed by atoms with Crippen LogP contribution in [0.2, 0.25) is 0 Å². The minimum atomic E-state index is -0.483. The lowest BCUT2D eigenvalue weighted by molar-refractivity contribution is 0.172. The molecule has 2 saturated carbocycles. The van der Waals surface area contributed by atoms with Crippen LogP contribution in [0.1, 0.15) is 44.3 Å². The van der Waals surface area contributed by atoms with Crippen molar-refractivity contribution >= 4 is 15.9 Å². The van der Waals surface area contributed by atoms with Crippen LogP contribution < -0.4 is 4.74 Å². The zero-order valence-electron chi connectivity index (χ0n) is 11.3. The van der Waals surface area contributed by atoms with Crippen LogP contribution in [-0.2, 0) is 0 Å². The molecule has 0 spiro atoms. The average Bonchev–Trinajstić information content (AvgIpc) is 2.98. The Labute approximate surface area is 123 Å². The number of aliphatic hydroxyl groups is 1. The summed E-state index contributed by atoms with van der Waals surface area (Å²) in [6, 6.07) is 5.85. The highest BCUT2D eigenvalue weighted by Gasteiger charge is 2.39. The Morgan fingerprint density at radius 2 is 2.21 bits per heavy atom. The van der Waals surface area contributed by atoms with Crippen molar-refractivity contribution in [2.24, 2.45) is 17.8 Å². The third-order valence-electron chi connectivity index (χ3n) is 4.76. The van der Waals surface area contributed by atoms with E-state index in [1.165, 1.54) is 25.7 Å². The van der Waals surface area contributed by atoms with Gasteiger partial charge < -0.3 is 9.84 Å². The maximum absolute atomic E-state index is 9.80. The molecule has 2 nitrogen and oxygen atoms in total. The maximum Gasteiger partial charge on any atom is 0.126 e. The van der Waals surface area contributed by atoms with Gasteiger partial charge in [-0.15, -0.1) is 0 Å². The van der Waals surface area contributed by atoms with Crippen LogP contribution in [0.5, 0.6) is 5.75 Å². The molecule has 104 valence electrons. The Bertz CT molecular complexity index is 458. The fraction of sp³-hybridized carbons (Fsp3) is 0.625. The van der Waals surface area contributed by atoms with Crippen molar-refractivity contribution in [3.63, 3.8) is 0 Å². The fourth-order valence-corrected chi connectivity index (χ4v) is 4.10. The minimum Gasteiger partial charge on any atom is -0.493 e. The maximum atomic E-state index is 9.80. The molecular formula is C16H21BrO2. The van der Waals surface area contributed by atoms with Crippen molar-refractivity contribution in [3.05, 3.63) is 28.2 Å². The monoisotopic (exact) mass is 324 g/mol. The molecule has 2 bridgehead atoms. The van der Waals surface area contributed by atoms with Gasteiger partial charge in [0.2, 0.25) is 0 Å². The molecule has 0 amide bonds. The van der Waals surface area contributed by atoms with Gasteiger partial charge in [0, 0.05) is 10.0 Å². The number of ether oxygens (including phenoxy) is 1. The third-order valence-corrected chi connectivity index (χ3v) is 5.26. The first-order chi connectivity index (χ1) is 9.13. The van der Waals surface area contributed by atoms with E-state index in [1.807, 2.05) is 18.2 Å². The van der Waals surface area contributed by atoms with Gasteiger partial charge in [0.15, 0.2) is 0 Å². The van der Waals surface area contributed by atoms with E-state index < -0.39 is 6.10 Å². The zero-order valence-corrected chi connectivity index (χ0v) is 12.9. The Balaban J connectivity index is 1.67. The molecule has 3 heteroatoms. The SMILES string of the molecule is CC(O)c1ccc(Br)cc1OCC1CC2CCC1C2. The summed E-state index contributed by atoms with van der Waals surface area (Å²) < 4.78 is 7.03. The standard InChI is InChI=1S/C16H21BrO2/c1-10(18)15-5-4-14(17)8-16(15)19-9-13-7-11-2-3-12(13)6-11/h4-5,8,10-13,18H,2-3,6-7,9H2,1H3. The van der Waals surface area contributed by atoms with Gasteiger partial charge in [-0.05, 0) is 56.1 Å². The highest BCUT2D eigenvalue weighted by atomic mass is 79.9. The highest BCUT2D eigenvalue weighted by molar-refractivity contribution is 9.10. The fourth-order valence-electron chi connectivity index (χ4n) is 3.76. The van der Waals surface area contributed by atoms with Gasteiger partial charge in [-0.2, -0.15) is 0 Å². The Kier molecular flexibility index (Phi) is 3.86. The molecule has 4 atom stereocenters. The summed E-state index contributed by atoms with van der Waals surface area (Å²) in [4.78, 5) is 0. The Hall–Kier alpha value is -0.540. The molecule has 0 heterocycles. The van der Waals surface area contributed by atoms with Crippen LogP contribution in [0.15, 0.2) is 22.7 Å². The van der Waals surface area contributed by atoms with Crippen molar-refractivity contribution < 1.29 is 9.84 Å². The molecule has 2 aliphatic rings. The van der Waals surface area contributed by atoms with Crippen molar-refractivity contribution in [2.45, 2.75) is 38.7 Å². The molecular weight excluding hydrogens is 304 g/mol. The van der Waals surface area contributed by atoms with Crippen molar-refractivity contribution in [3.8, 4) is 5.75 Å². The molecule has 3 rings (SSSR count). The largest absolute Gasteiger partial charge is 0.493 e. The number of rotatable bonds is 4. The molecule has 1 aromatic carbocycles. The summed E-state index contributed by atoms with van der Waals surface area (Å²) in [5.74, 6) is 3.39. The summed E-state index contributed by atoms with van der Waals surface area (Å²) in [6.07, 6.45) is 5.08. The van der Waals surface area contributed by atoms with E-state index in [4.69, 9.17) is 4.74 Å². The third kappa shape index (κ3) is 2.82. The van der Waals surface area contributed by atoms with Crippen LogP contribution in [0.25, 0.3) is 0 Å². The summed E-state index contributed by atoms with van der Waals surface area (Å²) in [5.41, 5.74) is 0.881. The van der Waals surface area contributed by atoms with Gasteiger partial charge in [0.1, 0.15) is 5.75 Å². The molecule has 1 aromatic rings. The Morgan fingerprint density at radius 1 is 1.37 bits per heavy atom. The molecule has 1 N–H and O–H groups in total. The van der Waals surface area contributed by atoms with Gasteiger partial charge in [0.05, 0.1) is 12.7 Å². The number of fused-ring (bicyclic) bond motifs is 2. The second-order valence-corrected chi connectivity index (χ2v) is 7.02.